The third kappa shape index (κ3) is 4.33. The molecule has 0 radical (unpaired) electrons. The highest BCUT2D eigenvalue weighted by atomic mass is 19.1. The second-order valence-corrected chi connectivity index (χ2v) is 5.84. The Bertz CT molecular complexity index is 733. The van der Waals surface area contributed by atoms with Crippen molar-refractivity contribution in [2.24, 2.45) is 0 Å². The highest BCUT2D eigenvalue weighted by molar-refractivity contribution is 5.84. The van der Waals surface area contributed by atoms with Gasteiger partial charge in [0, 0.05) is 17.8 Å². The van der Waals surface area contributed by atoms with Crippen LogP contribution in [-0.2, 0) is 16.1 Å². The number of benzene rings is 2. The van der Waals surface area contributed by atoms with E-state index in [0.29, 0.717) is 13.2 Å². The second kappa shape index (κ2) is 7.60. The first-order chi connectivity index (χ1) is 12.1. The van der Waals surface area contributed by atoms with Crippen LogP contribution in [0.5, 0.6) is 0 Å². The van der Waals surface area contributed by atoms with Crippen LogP contribution in [-0.4, -0.2) is 37.6 Å². The summed E-state index contributed by atoms with van der Waals surface area (Å²) < 4.78 is 24.2. The maximum absolute atomic E-state index is 14.4. The van der Waals surface area contributed by atoms with Gasteiger partial charge in [-0.05, 0) is 11.6 Å². The van der Waals surface area contributed by atoms with Crippen LogP contribution in [0.1, 0.15) is 5.56 Å². The minimum absolute atomic E-state index is 0.129. The normalized spacial score (nSPS) is 16.2. The van der Waals surface area contributed by atoms with Gasteiger partial charge in [0.25, 0.3) is 0 Å². The average molecular weight is 347 g/mol. The molecule has 1 fully saturated rings. The Morgan fingerprint density at radius 3 is 2.60 bits per heavy atom. The SMILES string of the molecule is O=C(Nc1ccc([N+]2(O)CCOCC2)c(F)c1)OCc1ccccc1. The molecule has 132 valence electrons. The molecule has 2 aromatic carbocycles. The Labute approximate surface area is 144 Å². The lowest BCUT2D eigenvalue weighted by molar-refractivity contribution is -0.134. The first kappa shape index (κ1) is 17.3. The molecule has 2 aromatic rings. The van der Waals surface area contributed by atoms with Crippen molar-refractivity contribution >= 4 is 17.5 Å². The fourth-order valence-corrected chi connectivity index (χ4v) is 2.69. The standard InChI is InChI=1S/C18H19FN2O4/c19-16-12-15(6-7-17(16)21(23)8-10-24-11-9-21)20-18(22)25-13-14-4-2-1-3-5-14/h1-7,12,23H,8-11,13H2/p+1. The summed E-state index contributed by atoms with van der Waals surface area (Å²) in [6, 6.07) is 13.4. The molecule has 3 rings (SSSR count). The minimum atomic E-state index is -0.671. The van der Waals surface area contributed by atoms with Crippen LogP contribution in [0.3, 0.4) is 0 Å². The van der Waals surface area contributed by atoms with E-state index in [4.69, 9.17) is 9.47 Å². The summed E-state index contributed by atoms with van der Waals surface area (Å²) in [5.41, 5.74) is 1.28. The zero-order chi connectivity index (χ0) is 17.7. The van der Waals surface area contributed by atoms with Gasteiger partial charge in [-0.1, -0.05) is 30.3 Å². The smallest absolute Gasteiger partial charge is 0.411 e. The number of hydrogen-bond acceptors (Lipinski definition) is 4. The maximum Gasteiger partial charge on any atom is 0.411 e. The third-order valence-electron chi connectivity index (χ3n) is 4.07. The van der Waals surface area contributed by atoms with E-state index in [2.05, 4.69) is 5.32 Å². The summed E-state index contributed by atoms with van der Waals surface area (Å²) >= 11 is 0. The largest absolute Gasteiger partial charge is 0.444 e. The van der Waals surface area contributed by atoms with E-state index >= 15 is 0 Å². The van der Waals surface area contributed by atoms with Crippen molar-refractivity contribution in [1.82, 2.24) is 4.65 Å². The van der Waals surface area contributed by atoms with Crippen molar-refractivity contribution in [3.8, 4) is 0 Å². The Hall–Kier alpha value is -2.48. The molecule has 1 saturated heterocycles. The van der Waals surface area contributed by atoms with Crippen LogP contribution in [0.4, 0.5) is 20.6 Å². The lowest BCUT2D eigenvalue weighted by atomic mass is 10.2. The van der Waals surface area contributed by atoms with Gasteiger partial charge in [-0.15, -0.1) is 4.65 Å². The van der Waals surface area contributed by atoms with Gasteiger partial charge in [0.05, 0.1) is 13.2 Å². The Morgan fingerprint density at radius 1 is 1.20 bits per heavy atom. The molecule has 0 aliphatic carbocycles. The first-order valence-electron chi connectivity index (χ1n) is 8.02. The van der Waals surface area contributed by atoms with Crippen molar-refractivity contribution in [2.45, 2.75) is 6.61 Å². The molecule has 1 aliphatic heterocycles. The monoisotopic (exact) mass is 347 g/mol. The van der Waals surface area contributed by atoms with Gasteiger partial charge in [-0.3, -0.25) is 5.32 Å². The molecule has 0 unspecified atom stereocenters. The van der Waals surface area contributed by atoms with E-state index in [1.807, 2.05) is 30.3 Å². The van der Waals surface area contributed by atoms with Crippen molar-refractivity contribution in [3.05, 3.63) is 59.9 Å². The van der Waals surface area contributed by atoms with E-state index in [1.165, 1.54) is 18.2 Å². The van der Waals surface area contributed by atoms with Crippen molar-refractivity contribution in [3.63, 3.8) is 0 Å². The highest BCUT2D eigenvalue weighted by Gasteiger charge is 2.34. The number of amides is 1. The number of quaternary nitrogens is 1. The summed E-state index contributed by atoms with van der Waals surface area (Å²) in [4.78, 5) is 11.8. The van der Waals surface area contributed by atoms with E-state index in [1.54, 1.807) is 0 Å². The van der Waals surface area contributed by atoms with Gasteiger partial charge in [0.1, 0.15) is 19.7 Å². The number of nitrogens with one attached hydrogen (secondary N) is 1. The van der Waals surface area contributed by atoms with Crippen LogP contribution >= 0.6 is 0 Å². The molecule has 2 N–H and O–H groups in total. The molecule has 1 aliphatic rings. The van der Waals surface area contributed by atoms with Crippen molar-refractivity contribution < 1.29 is 23.9 Å². The predicted molar refractivity (Wildman–Crippen MR) is 90.8 cm³/mol. The van der Waals surface area contributed by atoms with Crippen molar-refractivity contribution in [1.29, 1.82) is 0 Å². The number of rotatable bonds is 4. The molecule has 0 saturated carbocycles. The zero-order valence-electron chi connectivity index (χ0n) is 13.7. The fraction of sp³-hybridized carbons (Fsp3) is 0.278. The first-order valence-corrected chi connectivity index (χ1v) is 8.02. The molecule has 0 spiro atoms. The quantitative estimate of drug-likeness (QED) is 0.833. The van der Waals surface area contributed by atoms with Gasteiger partial charge >= 0.3 is 6.09 Å². The lowest BCUT2D eigenvalue weighted by Gasteiger charge is -2.32. The number of nitrogens with zero attached hydrogens (tertiary/aromatic N) is 1. The number of halogens is 1. The minimum Gasteiger partial charge on any atom is -0.444 e. The molecule has 6 nitrogen and oxygen atoms in total. The molecule has 1 heterocycles. The number of carbonyl (C=O) groups excluding carboxylic acids is 1. The molecule has 1 amide bonds. The summed E-state index contributed by atoms with van der Waals surface area (Å²) in [6.45, 7) is 1.42. The molecular weight excluding hydrogens is 327 g/mol. The molecule has 0 aromatic heterocycles. The Kier molecular flexibility index (Phi) is 5.28. The average Bonchev–Trinajstić information content (AvgIpc) is 2.61. The predicted octanol–water partition coefficient (Wildman–Crippen LogP) is 3.30. The van der Waals surface area contributed by atoms with Gasteiger partial charge in [0.2, 0.25) is 5.69 Å². The van der Waals surface area contributed by atoms with Gasteiger partial charge in [0.15, 0.2) is 5.82 Å². The molecule has 0 bridgehead atoms. The maximum atomic E-state index is 14.4. The number of carbonyl (C=O) groups is 1. The van der Waals surface area contributed by atoms with E-state index in [0.717, 1.165) is 5.56 Å². The fourth-order valence-electron chi connectivity index (χ4n) is 2.69. The van der Waals surface area contributed by atoms with Crippen LogP contribution in [0.25, 0.3) is 0 Å². The van der Waals surface area contributed by atoms with Crippen LogP contribution in [0.2, 0.25) is 0 Å². The van der Waals surface area contributed by atoms with Gasteiger partial charge < -0.3 is 9.47 Å². The van der Waals surface area contributed by atoms with Crippen molar-refractivity contribution in [2.75, 3.05) is 31.6 Å². The second-order valence-electron chi connectivity index (χ2n) is 5.84. The summed E-state index contributed by atoms with van der Waals surface area (Å²) in [5.74, 6) is -0.592. The summed E-state index contributed by atoms with van der Waals surface area (Å²) in [7, 11) is 0. The van der Waals surface area contributed by atoms with E-state index < -0.39 is 16.6 Å². The number of hydrogen-bond donors (Lipinski definition) is 2. The van der Waals surface area contributed by atoms with E-state index in [-0.39, 0.29) is 31.1 Å². The number of morpholine rings is 1. The molecule has 25 heavy (non-hydrogen) atoms. The molecular formula is C18H20FN2O4+. The lowest BCUT2D eigenvalue weighted by Crippen LogP contribution is -2.54. The topological polar surface area (TPSA) is 67.8 Å². The Balaban J connectivity index is 1.61. The number of hydroxylamine groups is 2. The number of anilines is 1. The van der Waals surface area contributed by atoms with Crippen LogP contribution in [0, 0.1) is 5.82 Å². The number of ether oxygens (including phenoxy) is 2. The van der Waals surface area contributed by atoms with Gasteiger partial charge in [-0.25, -0.2) is 14.4 Å². The molecule has 0 atom stereocenters. The van der Waals surface area contributed by atoms with Crippen LogP contribution < -0.4 is 9.96 Å². The zero-order valence-corrected chi connectivity index (χ0v) is 13.7. The summed E-state index contributed by atoms with van der Waals surface area (Å²) in [5, 5.41) is 13.0. The Morgan fingerprint density at radius 2 is 1.92 bits per heavy atom. The highest BCUT2D eigenvalue weighted by Crippen LogP contribution is 2.28. The van der Waals surface area contributed by atoms with Crippen LogP contribution in [0.15, 0.2) is 48.5 Å². The summed E-state index contributed by atoms with van der Waals surface area (Å²) in [6.07, 6.45) is -0.671. The molecule has 7 heteroatoms. The van der Waals surface area contributed by atoms with Gasteiger partial charge in [-0.2, -0.15) is 0 Å². The van der Waals surface area contributed by atoms with E-state index in [9.17, 15) is 14.4 Å². The third-order valence-corrected chi connectivity index (χ3v) is 4.07.